The summed E-state index contributed by atoms with van der Waals surface area (Å²) in [6.07, 6.45) is 4.20. The Labute approximate surface area is 123 Å². The zero-order chi connectivity index (χ0) is 14.0. The van der Waals surface area contributed by atoms with Crippen molar-refractivity contribution >= 4 is 29.0 Å². The van der Waals surface area contributed by atoms with Crippen molar-refractivity contribution in [2.45, 2.75) is 63.3 Å². The number of hydrogen-bond donors (Lipinski definition) is 1. The number of amides is 1. The molecule has 0 radical (unpaired) electrons. The van der Waals surface area contributed by atoms with Crippen molar-refractivity contribution in [3.05, 3.63) is 10.6 Å². The predicted molar refractivity (Wildman–Crippen MR) is 78.0 cm³/mol. The van der Waals surface area contributed by atoms with Gasteiger partial charge in [-0.05, 0) is 24.4 Å². The molecular weight excluding hydrogens is 282 g/mol. The first kappa shape index (κ1) is 14.7. The number of halogens is 1. The van der Waals surface area contributed by atoms with Crippen LogP contribution >= 0.6 is 23.1 Å². The molecule has 2 unspecified atom stereocenters. The van der Waals surface area contributed by atoms with Gasteiger partial charge in [0, 0.05) is 11.5 Å². The minimum absolute atomic E-state index is 0.0386. The molecule has 1 fully saturated rings. The largest absolute Gasteiger partial charge is 0.347 e. The summed E-state index contributed by atoms with van der Waals surface area (Å²) in [6, 6.07) is 0.0674. The standard InChI is InChI=1S/C13H20ClN3OS/c1-13(2,3)11-10(19-17-16-11)12(18)15-9-7-5-4-6-8(9)14/h8-9H,4-7H2,1-3H3,(H,15,18). The molecule has 0 aromatic carbocycles. The highest BCUT2D eigenvalue weighted by atomic mass is 35.5. The second-order valence-corrected chi connectivity index (χ2v) is 7.40. The van der Waals surface area contributed by atoms with Crippen LogP contribution in [0.1, 0.15) is 61.8 Å². The zero-order valence-corrected chi connectivity index (χ0v) is 13.1. The monoisotopic (exact) mass is 301 g/mol. The maximum absolute atomic E-state index is 12.3. The molecule has 1 saturated carbocycles. The van der Waals surface area contributed by atoms with Crippen molar-refractivity contribution in [1.29, 1.82) is 0 Å². The molecule has 0 aliphatic heterocycles. The second-order valence-electron chi connectivity index (χ2n) is 6.08. The number of carbonyl (C=O) groups is 1. The van der Waals surface area contributed by atoms with E-state index in [-0.39, 0.29) is 22.7 Å². The topological polar surface area (TPSA) is 54.9 Å². The molecule has 2 rings (SSSR count). The highest BCUT2D eigenvalue weighted by Gasteiger charge is 2.30. The van der Waals surface area contributed by atoms with E-state index in [0.29, 0.717) is 4.88 Å². The second kappa shape index (κ2) is 5.75. The molecule has 4 nitrogen and oxygen atoms in total. The molecule has 19 heavy (non-hydrogen) atoms. The third-order valence-corrected chi connectivity index (χ3v) is 4.65. The molecule has 6 heteroatoms. The average molecular weight is 302 g/mol. The third kappa shape index (κ3) is 3.45. The lowest BCUT2D eigenvalue weighted by Gasteiger charge is -2.28. The van der Waals surface area contributed by atoms with Gasteiger partial charge in [-0.3, -0.25) is 4.79 Å². The molecule has 1 aromatic rings. The highest BCUT2D eigenvalue weighted by Crippen LogP contribution is 2.27. The number of nitrogens with one attached hydrogen (secondary N) is 1. The van der Waals surface area contributed by atoms with Crippen molar-refractivity contribution in [2.24, 2.45) is 0 Å². The molecule has 1 aliphatic rings. The van der Waals surface area contributed by atoms with Gasteiger partial charge in [0.1, 0.15) is 4.88 Å². The molecule has 2 atom stereocenters. The molecular formula is C13H20ClN3OS. The van der Waals surface area contributed by atoms with Crippen LogP contribution in [0.25, 0.3) is 0 Å². The summed E-state index contributed by atoms with van der Waals surface area (Å²) in [5, 5.41) is 7.18. The van der Waals surface area contributed by atoms with Crippen molar-refractivity contribution in [2.75, 3.05) is 0 Å². The number of alkyl halides is 1. The van der Waals surface area contributed by atoms with Gasteiger partial charge in [-0.25, -0.2) is 0 Å². The molecule has 0 saturated heterocycles. The van der Waals surface area contributed by atoms with Crippen molar-refractivity contribution < 1.29 is 4.79 Å². The van der Waals surface area contributed by atoms with E-state index < -0.39 is 0 Å². The Kier molecular flexibility index (Phi) is 4.46. The minimum Gasteiger partial charge on any atom is -0.347 e. The van der Waals surface area contributed by atoms with Crippen molar-refractivity contribution in [3.8, 4) is 0 Å². The molecule has 1 N–H and O–H groups in total. The lowest BCUT2D eigenvalue weighted by atomic mass is 9.91. The lowest BCUT2D eigenvalue weighted by molar-refractivity contribution is 0.0930. The summed E-state index contributed by atoms with van der Waals surface area (Å²) in [5.41, 5.74) is 0.587. The number of hydrogen-bond acceptors (Lipinski definition) is 4. The van der Waals surface area contributed by atoms with Gasteiger partial charge in [-0.15, -0.1) is 16.7 Å². The number of rotatable bonds is 2. The van der Waals surface area contributed by atoms with Gasteiger partial charge >= 0.3 is 0 Å². The number of aromatic nitrogens is 2. The molecule has 1 heterocycles. The van der Waals surface area contributed by atoms with Crippen molar-refractivity contribution in [3.63, 3.8) is 0 Å². The van der Waals surface area contributed by atoms with E-state index in [4.69, 9.17) is 11.6 Å². The van der Waals surface area contributed by atoms with E-state index in [1.54, 1.807) is 0 Å². The van der Waals surface area contributed by atoms with Crippen LogP contribution in [0.3, 0.4) is 0 Å². The summed E-state index contributed by atoms with van der Waals surface area (Å²) in [4.78, 5) is 13.0. The van der Waals surface area contributed by atoms with Crippen LogP contribution in [0.2, 0.25) is 0 Å². The summed E-state index contributed by atoms with van der Waals surface area (Å²) in [5.74, 6) is -0.0857. The Morgan fingerprint density at radius 3 is 2.68 bits per heavy atom. The van der Waals surface area contributed by atoms with Crippen LogP contribution in [0, 0.1) is 0 Å². The lowest BCUT2D eigenvalue weighted by Crippen LogP contribution is -2.43. The fourth-order valence-electron chi connectivity index (χ4n) is 2.31. The van der Waals surface area contributed by atoms with E-state index in [1.165, 1.54) is 0 Å². The Morgan fingerprint density at radius 2 is 2.05 bits per heavy atom. The molecule has 0 spiro atoms. The molecule has 1 aromatic heterocycles. The maximum atomic E-state index is 12.3. The van der Waals surface area contributed by atoms with Gasteiger partial charge in [-0.2, -0.15) is 0 Å². The van der Waals surface area contributed by atoms with Gasteiger partial charge in [-0.1, -0.05) is 38.1 Å². The number of carbonyl (C=O) groups excluding carboxylic acids is 1. The van der Waals surface area contributed by atoms with Crippen molar-refractivity contribution in [1.82, 2.24) is 14.9 Å². The van der Waals surface area contributed by atoms with Gasteiger partial charge in [0.25, 0.3) is 5.91 Å². The summed E-state index contributed by atoms with van der Waals surface area (Å²) < 4.78 is 3.92. The highest BCUT2D eigenvalue weighted by molar-refractivity contribution is 7.08. The Morgan fingerprint density at radius 1 is 1.37 bits per heavy atom. The predicted octanol–water partition coefficient (Wildman–Crippen LogP) is 3.12. The fraction of sp³-hybridized carbons (Fsp3) is 0.769. The van der Waals surface area contributed by atoms with E-state index >= 15 is 0 Å². The van der Waals surface area contributed by atoms with E-state index in [2.05, 4.69) is 14.9 Å². The smallest absolute Gasteiger partial charge is 0.265 e. The molecule has 0 bridgehead atoms. The first-order chi connectivity index (χ1) is 8.89. The molecule has 106 valence electrons. The molecule has 1 aliphatic carbocycles. The SMILES string of the molecule is CC(C)(C)c1nnsc1C(=O)NC1CCCCC1Cl. The first-order valence-corrected chi connectivity index (χ1v) is 7.88. The van der Waals surface area contributed by atoms with Gasteiger partial charge in [0.15, 0.2) is 0 Å². The van der Waals surface area contributed by atoms with Crippen LogP contribution < -0.4 is 5.32 Å². The Hall–Kier alpha value is -0.680. The van der Waals surface area contributed by atoms with Crippen LogP contribution in [0.5, 0.6) is 0 Å². The quantitative estimate of drug-likeness (QED) is 0.854. The summed E-state index contributed by atoms with van der Waals surface area (Å²) >= 11 is 7.43. The van der Waals surface area contributed by atoms with E-state index in [0.717, 1.165) is 42.9 Å². The van der Waals surface area contributed by atoms with Crippen LogP contribution in [0.15, 0.2) is 0 Å². The maximum Gasteiger partial charge on any atom is 0.265 e. The van der Waals surface area contributed by atoms with Gasteiger partial charge < -0.3 is 5.32 Å². The Bertz CT molecular complexity index is 455. The number of nitrogens with zero attached hydrogens (tertiary/aromatic N) is 2. The van der Waals surface area contributed by atoms with Gasteiger partial charge in [0.2, 0.25) is 0 Å². The first-order valence-electron chi connectivity index (χ1n) is 6.67. The third-order valence-electron chi connectivity index (χ3n) is 3.40. The summed E-state index contributed by atoms with van der Waals surface area (Å²) in [7, 11) is 0. The zero-order valence-electron chi connectivity index (χ0n) is 11.6. The Balaban J connectivity index is 2.10. The fourth-order valence-corrected chi connectivity index (χ4v) is 3.44. The summed E-state index contributed by atoms with van der Waals surface area (Å²) in [6.45, 7) is 6.10. The van der Waals surface area contributed by atoms with E-state index in [9.17, 15) is 4.79 Å². The van der Waals surface area contributed by atoms with Crippen LogP contribution in [0.4, 0.5) is 0 Å². The molecule has 1 amide bonds. The van der Waals surface area contributed by atoms with E-state index in [1.807, 2.05) is 20.8 Å². The average Bonchev–Trinajstić information content (AvgIpc) is 2.81. The van der Waals surface area contributed by atoms with Crippen LogP contribution in [-0.2, 0) is 5.41 Å². The van der Waals surface area contributed by atoms with Gasteiger partial charge in [0.05, 0.1) is 11.1 Å². The van der Waals surface area contributed by atoms with Crippen LogP contribution in [-0.4, -0.2) is 26.9 Å². The normalized spacial score (nSPS) is 24.2. The minimum atomic E-state index is -0.174.